The second-order valence-electron chi connectivity index (χ2n) is 6.72. The molecule has 1 aromatic heterocycles. The van der Waals surface area contributed by atoms with Crippen LogP contribution in [0.3, 0.4) is 0 Å². The first-order chi connectivity index (χ1) is 13.8. The Bertz CT molecular complexity index is 1090. The fourth-order valence-electron chi connectivity index (χ4n) is 3.65. The molecule has 1 aliphatic rings. The van der Waals surface area contributed by atoms with Crippen molar-refractivity contribution >= 4 is 40.1 Å². The highest BCUT2D eigenvalue weighted by Crippen LogP contribution is 2.36. The van der Waals surface area contributed by atoms with E-state index in [-0.39, 0.29) is 11.7 Å². The molecule has 5 rings (SSSR count). The average Bonchev–Trinajstić information content (AvgIpc) is 3.07. The predicted octanol–water partition coefficient (Wildman–Crippen LogP) is 5.38. The van der Waals surface area contributed by atoms with Gasteiger partial charge < -0.3 is 4.42 Å². The molecule has 0 spiro atoms. The highest BCUT2D eigenvalue weighted by molar-refractivity contribution is 7.99. The van der Waals surface area contributed by atoms with Gasteiger partial charge in [-0.25, -0.2) is 4.98 Å². The van der Waals surface area contributed by atoms with Gasteiger partial charge in [-0.2, -0.15) is 0 Å². The molecule has 0 bridgehead atoms. The van der Waals surface area contributed by atoms with E-state index in [4.69, 9.17) is 4.42 Å². The Kier molecular flexibility index (Phi) is 4.37. The van der Waals surface area contributed by atoms with Crippen LogP contribution < -0.4 is 4.90 Å². The molecule has 0 saturated carbocycles. The summed E-state index contributed by atoms with van der Waals surface area (Å²) in [4.78, 5) is 19.6. The summed E-state index contributed by atoms with van der Waals surface area (Å²) in [5.41, 5.74) is 5.87. The normalized spacial score (nSPS) is 13.1. The zero-order chi connectivity index (χ0) is 18.9. The number of para-hydroxylation sites is 4. The number of amides is 1. The highest BCUT2D eigenvalue weighted by atomic mass is 32.2. The fraction of sp³-hybridized carbons (Fsp3) is 0.130. The van der Waals surface area contributed by atoms with Crippen molar-refractivity contribution in [2.45, 2.75) is 18.1 Å². The molecule has 138 valence electrons. The quantitative estimate of drug-likeness (QED) is 0.443. The molecule has 0 N–H and O–H groups in total. The average molecular weight is 386 g/mol. The van der Waals surface area contributed by atoms with Crippen LogP contribution in [-0.4, -0.2) is 16.6 Å². The van der Waals surface area contributed by atoms with E-state index in [0.717, 1.165) is 35.3 Å². The van der Waals surface area contributed by atoms with Crippen LogP contribution in [0.25, 0.3) is 11.1 Å². The lowest BCUT2D eigenvalue weighted by Crippen LogP contribution is -2.28. The zero-order valence-corrected chi connectivity index (χ0v) is 16.0. The first kappa shape index (κ1) is 17.1. The van der Waals surface area contributed by atoms with Gasteiger partial charge in [-0.05, 0) is 48.2 Å². The van der Waals surface area contributed by atoms with Crippen molar-refractivity contribution in [3.8, 4) is 0 Å². The number of nitrogens with zero attached hydrogens (tertiary/aromatic N) is 2. The standard InChI is InChI=1S/C23H18N2O2S/c26-22(15-28-23-24-18-9-3-6-12-21(18)27-23)25-19-10-4-1-7-16(19)13-14-17-8-2-5-11-20(17)25/h1-12H,13-15H2. The molecule has 0 fully saturated rings. The second kappa shape index (κ2) is 7.17. The number of oxazole rings is 1. The minimum absolute atomic E-state index is 0.0223. The minimum atomic E-state index is 0.0223. The Morgan fingerprint density at radius 3 is 2.18 bits per heavy atom. The van der Waals surface area contributed by atoms with Gasteiger partial charge in [-0.1, -0.05) is 60.3 Å². The highest BCUT2D eigenvalue weighted by Gasteiger charge is 2.25. The van der Waals surface area contributed by atoms with Crippen LogP contribution in [0.5, 0.6) is 0 Å². The summed E-state index contributed by atoms with van der Waals surface area (Å²) in [7, 11) is 0. The van der Waals surface area contributed by atoms with Crippen molar-refractivity contribution in [2.75, 3.05) is 10.7 Å². The Morgan fingerprint density at radius 2 is 1.50 bits per heavy atom. The van der Waals surface area contributed by atoms with Gasteiger partial charge in [0.15, 0.2) is 5.58 Å². The largest absolute Gasteiger partial charge is 0.431 e. The van der Waals surface area contributed by atoms with Gasteiger partial charge in [-0.3, -0.25) is 9.69 Å². The van der Waals surface area contributed by atoms with E-state index in [0.29, 0.717) is 5.22 Å². The fourth-order valence-corrected chi connectivity index (χ4v) is 4.34. The van der Waals surface area contributed by atoms with Crippen molar-refractivity contribution in [1.82, 2.24) is 4.98 Å². The van der Waals surface area contributed by atoms with Gasteiger partial charge in [-0.15, -0.1) is 0 Å². The molecule has 5 heteroatoms. The number of aryl methyl sites for hydroxylation is 2. The predicted molar refractivity (Wildman–Crippen MR) is 112 cm³/mol. The van der Waals surface area contributed by atoms with Crippen molar-refractivity contribution in [3.63, 3.8) is 0 Å². The van der Waals surface area contributed by atoms with E-state index >= 15 is 0 Å². The van der Waals surface area contributed by atoms with Crippen LogP contribution >= 0.6 is 11.8 Å². The molecule has 0 unspecified atom stereocenters. The van der Waals surface area contributed by atoms with E-state index in [2.05, 4.69) is 17.1 Å². The van der Waals surface area contributed by atoms with Crippen LogP contribution in [0, 0.1) is 0 Å². The first-order valence-electron chi connectivity index (χ1n) is 9.27. The summed E-state index contributed by atoms with van der Waals surface area (Å²) in [6.45, 7) is 0. The number of aromatic nitrogens is 1. The molecule has 0 radical (unpaired) electrons. The maximum Gasteiger partial charge on any atom is 0.257 e. The summed E-state index contributed by atoms with van der Waals surface area (Å²) in [5.74, 6) is 0.282. The number of thioether (sulfide) groups is 1. The number of benzene rings is 3. The maximum absolute atomic E-state index is 13.3. The van der Waals surface area contributed by atoms with Crippen molar-refractivity contribution in [3.05, 3.63) is 83.9 Å². The summed E-state index contributed by atoms with van der Waals surface area (Å²) in [6, 6.07) is 23.9. The minimum Gasteiger partial charge on any atom is -0.431 e. The van der Waals surface area contributed by atoms with E-state index in [1.54, 1.807) is 0 Å². The Hall–Kier alpha value is -3.05. The van der Waals surface area contributed by atoms with Crippen molar-refractivity contribution < 1.29 is 9.21 Å². The third-order valence-corrected chi connectivity index (χ3v) is 5.78. The molecule has 4 aromatic rings. The molecule has 0 aliphatic carbocycles. The lowest BCUT2D eigenvalue weighted by molar-refractivity contribution is -0.115. The Morgan fingerprint density at radius 1 is 0.893 bits per heavy atom. The maximum atomic E-state index is 13.3. The number of carbonyl (C=O) groups is 1. The lowest BCUT2D eigenvalue weighted by Gasteiger charge is -2.24. The van der Waals surface area contributed by atoms with Crippen LogP contribution in [0.1, 0.15) is 11.1 Å². The molecular formula is C23H18N2O2S. The van der Waals surface area contributed by atoms with E-state index in [9.17, 15) is 4.79 Å². The van der Waals surface area contributed by atoms with Gasteiger partial charge in [0.05, 0.1) is 17.1 Å². The van der Waals surface area contributed by atoms with Crippen LogP contribution in [0.2, 0.25) is 0 Å². The molecule has 1 aliphatic heterocycles. The number of fused-ring (bicyclic) bond motifs is 3. The zero-order valence-electron chi connectivity index (χ0n) is 15.2. The van der Waals surface area contributed by atoms with Gasteiger partial charge in [0.25, 0.3) is 5.22 Å². The summed E-state index contributed by atoms with van der Waals surface area (Å²) < 4.78 is 5.75. The molecule has 2 heterocycles. The SMILES string of the molecule is O=C(CSc1nc2ccccc2o1)N1c2ccccc2CCc2ccccc21. The van der Waals surface area contributed by atoms with Crippen molar-refractivity contribution in [1.29, 1.82) is 0 Å². The monoisotopic (exact) mass is 386 g/mol. The number of carbonyl (C=O) groups excluding carboxylic acids is 1. The summed E-state index contributed by atoms with van der Waals surface area (Å²) in [6.07, 6.45) is 1.85. The van der Waals surface area contributed by atoms with E-state index in [1.165, 1.54) is 22.9 Å². The third kappa shape index (κ3) is 3.08. The molecule has 4 nitrogen and oxygen atoms in total. The molecule has 0 saturated heterocycles. The Labute approximate surface area is 167 Å². The Balaban J connectivity index is 1.46. The third-order valence-electron chi connectivity index (χ3n) is 4.97. The molecular weight excluding hydrogens is 368 g/mol. The number of hydrogen-bond acceptors (Lipinski definition) is 4. The van der Waals surface area contributed by atoms with Gasteiger partial charge in [0, 0.05) is 0 Å². The molecule has 0 atom stereocenters. The number of rotatable bonds is 3. The van der Waals surface area contributed by atoms with Crippen LogP contribution in [-0.2, 0) is 17.6 Å². The molecule has 3 aromatic carbocycles. The van der Waals surface area contributed by atoms with Crippen molar-refractivity contribution in [2.24, 2.45) is 0 Å². The van der Waals surface area contributed by atoms with Gasteiger partial charge >= 0.3 is 0 Å². The number of hydrogen-bond donors (Lipinski definition) is 0. The molecule has 28 heavy (non-hydrogen) atoms. The lowest BCUT2D eigenvalue weighted by atomic mass is 10.0. The first-order valence-corrected chi connectivity index (χ1v) is 10.3. The second-order valence-corrected chi connectivity index (χ2v) is 7.65. The van der Waals surface area contributed by atoms with Crippen LogP contribution in [0.4, 0.5) is 11.4 Å². The van der Waals surface area contributed by atoms with E-state index < -0.39 is 0 Å². The summed E-state index contributed by atoms with van der Waals surface area (Å²) >= 11 is 1.34. The van der Waals surface area contributed by atoms with Gasteiger partial charge in [0.2, 0.25) is 5.91 Å². The molecule has 1 amide bonds. The number of anilines is 2. The summed E-state index contributed by atoms with van der Waals surface area (Å²) in [5, 5.41) is 0.519. The smallest absolute Gasteiger partial charge is 0.257 e. The topological polar surface area (TPSA) is 46.3 Å². The van der Waals surface area contributed by atoms with Crippen LogP contribution in [0.15, 0.2) is 82.4 Å². The van der Waals surface area contributed by atoms with Gasteiger partial charge in [0.1, 0.15) is 5.52 Å². The van der Waals surface area contributed by atoms with E-state index in [1.807, 2.05) is 65.6 Å².